The third-order valence-electron chi connectivity index (χ3n) is 3.34. The average Bonchev–Trinajstić information content (AvgIpc) is 2.65. The summed E-state index contributed by atoms with van der Waals surface area (Å²) in [4.78, 5) is 34.9. The number of carbonyl (C=O) groups is 3. The Morgan fingerprint density at radius 3 is 2.50 bits per heavy atom. The van der Waals surface area contributed by atoms with Gasteiger partial charge in [0, 0.05) is 5.56 Å². The van der Waals surface area contributed by atoms with Gasteiger partial charge in [-0.1, -0.05) is 24.3 Å². The Labute approximate surface area is 150 Å². The number of ketones is 1. The number of methoxy groups -OCH3 is 1. The van der Waals surface area contributed by atoms with E-state index in [9.17, 15) is 14.4 Å². The summed E-state index contributed by atoms with van der Waals surface area (Å²) in [5.41, 5.74) is 0.959. The van der Waals surface area contributed by atoms with Gasteiger partial charge in [-0.15, -0.1) is 0 Å². The molecular weight excluding hydrogens is 338 g/mol. The zero-order valence-electron chi connectivity index (χ0n) is 14.5. The van der Waals surface area contributed by atoms with Crippen molar-refractivity contribution in [3.63, 3.8) is 0 Å². The molecule has 0 aliphatic carbocycles. The third-order valence-corrected chi connectivity index (χ3v) is 3.34. The van der Waals surface area contributed by atoms with Crippen LogP contribution in [0, 0.1) is 0 Å². The Balaban J connectivity index is 1.78. The first kappa shape index (κ1) is 19.0. The number of hydrogen-bond donors (Lipinski definition) is 1. The van der Waals surface area contributed by atoms with Gasteiger partial charge in [-0.2, -0.15) is 0 Å². The molecule has 0 saturated carbocycles. The van der Waals surface area contributed by atoms with E-state index >= 15 is 0 Å². The molecule has 0 fully saturated rings. The molecule has 0 aliphatic heterocycles. The fourth-order valence-electron chi connectivity index (χ4n) is 2.07. The summed E-state index contributed by atoms with van der Waals surface area (Å²) in [6, 6.07) is 13.3. The minimum absolute atomic E-state index is 0.106. The highest BCUT2D eigenvalue weighted by Crippen LogP contribution is 2.22. The van der Waals surface area contributed by atoms with E-state index in [1.807, 2.05) is 0 Å². The predicted molar refractivity (Wildman–Crippen MR) is 94.5 cm³/mol. The van der Waals surface area contributed by atoms with Gasteiger partial charge < -0.3 is 19.5 Å². The summed E-state index contributed by atoms with van der Waals surface area (Å²) in [7, 11) is 1.49. The second-order valence-corrected chi connectivity index (χ2v) is 5.28. The van der Waals surface area contributed by atoms with E-state index in [2.05, 4.69) is 5.32 Å². The van der Waals surface area contributed by atoms with Crippen LogP contribution in [0.1, 0.15) is 17.3 Å². The second-order valence-electron chi connectivity index (χ2n) is 5.28. The number of anilines is 1. The van der Waals surface area contributed by atoms with E-state index in [0.717, 1.165) is 0 Å². The zero-order chi connectivity index (χ0) is 18.9. The molecule has 0 aromatic heterocycles. The van der Waals surface area contributed by atoms with Crippen LogP contribution in [0.3, 0.4) is 0 Å². The van der Waals surface area contributed by atoms with Crippen molar-refractivity contribution in [2.45, 2.75) is 6.92 Å². The molecule has 1 N–H and O–H groups in total. The van der Waals surface area contributed by atoms with Gasteiger partial charge in [-0.3, -0.25) is 9.59 Å². The molecule has 0 unspecified atom stereocenters. The molecule has 0 spiro atoms. The number of hydrogen-bond acceptors (Lipinski definition) is 6. The van der Waals surface area contributed by atoms with Gasteiger partial charge in [0.25, 0.3) is 5.91 Å². The normalized spacial score (nSPS) is 9.92. The van der Waals surface area contributed by atoms with Crippen molar-refractivity contribution in [1.82, 2.24) is 0 Å². The van der Waals surface area contributed by atoms with Crippen LogP contribution in [0.5, 0.6) is 11.5 Å². The van der Waals surface area contributed by atoms with Crippen molar-refractivity contribution < 1.29 is 28.6 Å². The van der Waals surface area contributed by atoms with Gasteiger partial charge >= 0.3 is 5.97 Å². The summed E-state index contributed by atoms with van der Waals surface area (Å²) in [6.45, 7) is 0.616. The number of benzene rings is 2. The number of rotatable bonds is 8. The van der Waals surface area contributed by atoms with Crippen LogP contribution in [-0.2, 0) is 14.3 Å². The Kier molecular flexibility index (Phi) is 6.73. The van der Waals surface area contributed by atoms with Gasteiger partial charge in [-0.05, 0) is 31.2 Å². The van der Waals surface area contributed by atoms with Crippen molar-refractivity contribution in [3.05, 3.63) is 54.1 Å². The molecule has 0 aliphatic rings. The molecule has 0 atom stereocenters. The lowest BCUT2D eigenvalue weighted by Gasteiger charge is -2.10. The third kappa shape index (κ3) is 5.62. The maximum absolute atomic E-state index is 11.9. The van der Waals surface area contributed by atoms with E-state index in [4.69, 9.17) is 14.2 Å². The Morgan fingerprint density at radius 2 is 1.77 bits per heavy atom. The van der Waals surface area contributed by atoms with Gasteiger partial charge in [-0.25, -0.2) is 4.79 Å². The summed E-state index contributed by atoms with van der Waals surface area (Å²) in [5.74, 6) is -0.435. The minimum Gasteiger partial charge on any atom is -0.495 e. The maximum atomic E-state index is 11.9. The highest BCUT2D eigenvalue weighted by atomic mass is 16.6. The molecule has 0 heterocycles. The standard InChI is InChI=1S/C19H19NO6/c1-13(21)14-6-5-7-15(10-14)25-12-19(23)26-11-18(22)20-16-8-3-4-9-17(16)24-2/h3-10H,11-12H2,1-2H3,(H,20,22). The summed E-state index contributed by atoms with van der Waals surface area (Å²) < 4.78 is 15.3. The number of Topliss-reactive ketones (excluding diaryl/α,β-unsaturated/α-hetero) is 1. The zero-order valence-corrected chi connectivity index (χ0v) is 14.5. The van der Waals surface area contributed by atoms with Crippen LogP contribution in [0.2, 0.25) is 0 Å². The molecule has 1 amide bonds. The summed E-state index contributed by atoms with van der Waals surface area (Å²) in [5, 5.41) is 2.59. The predicted octanol–water partition coefficient (Wildman–Crippen LogP) is 2.46. The number of carbonyl (C=O) groups excluding carboxylic acids is 3. The number of ether oxygens (including phenoxy) is 3. The molecule has 7 heteroatoms. The van der Waals surface area contributed by atoms with Crippen LogP contribution >= 0.6 is 0 Å². The smallest absolute Gasteiger partial charge is 0.344 e. The van der Waals surface area contributed by atoms with Crippen molar-refractivity contribution >= 4 is 23.3 Å². The van der Waals surface area contributed by atoms with Gasteiger partial charge in [0.05, 0.1) is 12.8 Å². The fourth-order valence-corrected chi connectivity index (χ4v) is 2.07. The molecule has 2 rings (SSSR count). The highest BCUT2D eigenvalue weighted by molar-refractivity contribution is 5.95. The highest BCUT2D eigenvalue weighted by Gasteiger charge is 2.11. The molecule has 2 aromatic rings. The largest absolute Gasteiger partial charge is 0.495 e. The lowest BCUT2D eigenvalue weighted by Crippen LogP contribution is -2.23. The van der Waals surface area contributed by atoms with E-state index in [1.165, 1.54) is 20.1 Å². The molecule has 0 saturated heterocycles. The molecule has 0 bridgehead atoms. The molecule has 2 aromatic carbocycles. The van der Waals surface area contributed by atoms with Gasteiger partial charge in [0.1, 0.15) is 11.5 Å². The molecule has 26 heavy (non-hydrogen) atoms. The van der Waals surface area contributed by atoms with Crippen LogP contribution in [-0.4, -0.2) is 38.0 Å². The van der Waals surface area contributed by atoms with Crippen molar-refractivity contribution in [1.29, 1.82) is 0 Å². The van der Waals surface area contributed by atoms with Crippen LogP contribution in [0.15, 0.2) is 48.5 Å². The van der Waals surface area contributed by atoms with Crippen molar-refractivity contribution in [2.75, 3.05) is 25.6 Å². The average molecular weight is 357 g/mol. The number of esters is 1. The van der Waals surface area contributed by atoms with Crippen molar-refractivity contribution in [3.8, 4) is 11.5 Å². The van der Waals surface area contributed by atoms with E-state index in [0.29, 0.717) is 22.7 Å². The Morgan fingerprint density at radius 1 is 1.00 bits per heavy atom. The van der Waals surface area contributed by atoms with E-state index in [-0.39, 0.29) is 12.4 Å². The first-order valence-corrected chi connectivity index (χ1v) is 7.82. The Bertz CT molecular complexity index is 802. The quantitative estimate of drug-likeness (QED) is 0.576. The number of para-hydroxylation sites is 2. The van der Waals surface area contributed by atoms with Gasteiger partial charge in [0.2, 0.25) is 0 Å². The van der Waals surface area contributed by atoms with Crippen LogP contribution in [0.4, 0.5) is 5.69 Å². The molecule has 7 nitrogen and oxygen atoms in total. The topological polar surface area (TPSA) is 90.9 Å². The monoisotopic (exact) mass is 357 g/mol. The fraction of sp³-hybridized carbons (Fsp3) is 0.211. The molecule has 0 radical (unpaired) electrons. The second kappa shape index (κ2) is 9.22. The van der Waals surface area contributed by atoms with E-state index in [1.54, 1.807) is 42.5 Å². The SMILES string of the molecule is COc1ccccc1NC(=O)COC(=O)COc1cccc(C(C)=O)c1. The Hall–Kier alpha value is -3.35. The first-order chi connectivity index (χ1) is 12.5. The summed E-state index contributed by atoms with van der Waals surface area (Å²) in [6.07, 6.45) is 0. The van der Waals surface area contributed by atoms with Crippen molar-refractivity contribution in [2.24, 2.45) is 0 Å². The summed E-state index contributed by atoms with van der Waals surface area (Å²) >= 11 is 0. The lowest BCUT2D eigenvalue weighted by molar-refractivity contribution is -0.149. The number of amides is 1. The van der Waals surface area contributed by atoms with Gasteiger partial charge in [0.15, 0.2) is 19.0 Å². The van der Waals surface area contributed by atoms with Crippen LogP contribution < -0.4 is 14.8 Å². The first-order valence-electron chi connectivity index (χ1n) is 7.82. The molecular formula is C19H19NO6. The maximum Gasteiger partial charge on any atom is 0.344 e. The minimum atomic E-state index is -0.701. The lowest BCUT2D eigenvalue weighted by atomic mass is 10.1. The van der Waals surface area contributed by atoms with Crippen LogP contribution in [0.25, 0.3) is 0 Å². The van der Waals surface area contributed by atoms with E-state index < -0.39 is 18.5 Å². The molecule has 136 valence electrons. The number of nitrogens with one attached hydrogen (secondary N) is 1.